The largest absolute Gasteiger partial charge is 0.493 e. The van der Waals surface area contributed by atoms with Gasteiger partial charge >= 0.3 is 5.97 Å². The molecule has 0 heterocycles. The molecule has 168 valence electrons. The van der Waals surface area contributed by atoms with E-state index in [4.69, 9.17) is 30.9 Å². The van der Waals surface area contributed by atoms with Crippen molar-refractivity contribution >= 4 is 17.6 Å². The van der Waals surface area contributed by atoms with Crippen LogP contribution in [0.4, 0.5) is 0 Å². The third kappa shape index (κ3) is 6.39. The van der Waals surface area contributed by atoms with Crippen molar-refractivity contribution in [3.05, 3.63) is 76.8 Å². The second kappa shape index (κ2) is 10.9. The second-order valence-corrected chi connectivity index (χ2v) is 7.76. The van der Waals surface area contributed by atoms with Gasteiger partial charge < -0.3 is 24.4 Å². The number of carboxylic acids is 1. The SMILES string of the molecule is COc1ccc(-c2cccc(CC(=O)O)c2)cc1OCC(O)COc1ccc(Cl)cc1C. The number of hydrogen-bond acceptors (Lipinski definition) is 5. The monoisotopic (exact) mass is 456 g/mol. The third-order valence-electron chi connectivity index (χ3n) is 4.78. The van der Waals surface area contributed by atoms with Crippen LogP contribution in [0.3, 0.4) is 0 Å². The molecule has 0 amide bonds. The second-order valence-electron chi connectivity index (χ2n) is 7.32. The molecule has 32 heavy (non-hydrogen) atoms. The molecule has 0 aliphatic rings. The summed E-state index contributed by atoms with van der Waals surface area (Å²) in [5.74, 6) is 0.757. The maximum atomic E-state index is 11.0. The van der Waals surface area contributed by atoms with Crippen LogP contribution in [0.2, 0.25) is 5.02 Å². The number of aliphatic hydroxyl groups excluding tert-OH is 1. The number of aliphatic hydroxyl groups is 1. The van der Waals surface area contributed by atoms with Gasteiger partial charge in [-0.3, -0.25) is 4.79 Å². The first-order valence-electron chi connectivity index (χ1n) is 10.0. The number of halogens is 1. The highest BCUT2D eigenvalue weighted by Crippen LogP contribution is 2.33. The van der Waals surface area contributed by atoms with E-state index in [1.807, 2.05) is 31.2 Å². The van der Waals surface area contributed by atoms with Crippen LogP contribution < -0.4 is 14.2 Å². The Morgan fingerprint density at radius 2 is 1.62 bits per heavy atom. The Morgan fingerprint density at radius 1 is 0.938 bits per heavy atom. The van der Waals surface area contributed by atoms with Crippen LogP contribution in [0.1, 0.15) is 11.1 Å². The van der Waals surface area contributed by atoms with E-state index in [1.54, 1.807) is 36.4 Å². The van der Waals surface area contributed by atoms with Crippen molar-refractivity contribution in [1.29, 1.82) is 0 Å². The summed E-state index contributed by atoms with van der Waals surface area (Å²) in [5, 5.41) is 20.0. The van der Waals surface area contributed by atoms with Crippen LogP contribution in [0.15, 0.2) is 60.7 Å². The van der Waals surface area contributed by atoms with E-state index < -0.39 is 12.1 Å². The molecule has 0 bridgehead atoms. The summed E-state index contributed by atoms with van der Waals surface area (Å²) in [6.45, 7) is 1.94. The van der Waals surface area contributed by atoms with Gasteiger partial charge in [-0.15, -0.1) is 0 Å². The fourth-order valence-corrected chi connectivity index (χ4v) is 3.43. The number of methoxy groups -OCH3 is 1. The summed E-state index contributed by atoms with van der Waals surface area (Å²) >= 11 is 5.95. The van der Waals surface area contributed by atoms with E-state index >= 15 is 0 Å². The number of ether oxygens (including phenoxy) is 3. The zero-order valence-electron chi connectivity index (χ0n) is 17.9. The van der Waals surface area contributed by atoms with E-state index in [9.17, 15) is 9.90 Å². The lowest BCUT2D eigenvalue weighted by Gasteiger charge is -2.17. The fraction of sp³-hybridized carbons (Fsp3) is 0.240. The van der Waals surface area contributed by atoms with Gasteiger partial charge in [0.2, 0.25) is 0 Å². The molecule has 0 aromatic heterocycles. The van der Waals surface area contributed by atoms with Gasteiger partial charge in [-0.1, -0.05) is 41.9 Å². The van der Waals surface area contributed by atoms with Gasteiger partial charge in [-0.2, -0.15) is 0 Å². The summed E-state index contributed by atoms with van der Waals surface area (Å²) in [4.78, 5) is 11.0. The molecular weight excluding hydrogens is 432 g/mol. The van der Waals surface area contributed by atoms with E-state index in [2.05, 4.69) is 0 Å². The van der Waals surface area contributed by atoms with Crippen LogP contribution in [-0.2, 0) is 11.2 Å². The minimum absolute atomic E-state index is 0.00546. The van der Waals surface area contributed by atoms with Crippen molar-refractivity contribution in [3.63, 3.8) is 0 Å². The summed E-state index contributed by atoms with van der Waals surface area (Å²) in [7, 11) is 1.54. The molecule has 1 unspecified atom stereocenters. The fourth-order valence-electron chi connectivity index (χ4n) is 3.20. The molecule has 0 spiro atoms. The molecule has 0 saturated carbocycles. The van der Waals surface area contributed by atoms with Crippen molar-refractivity contribution < 1.29 is 29.2 Å². The van der Waals surface area contributed by atoms with Gasteiger partial charge in [0.25, 0.3) is 0 Å². The quantitative estimate of drug-likeness (QED) is 0.457. The van der Waals surface area contributed by atoms with Gasteiger partial charge in [0.15, 0.2) is 11.5 Å². The van der Waals surface area contributed by atoms with E-state index in [0.717, 1.165) is 16.7 Å². The number of carboxylic acid groups (broad SMARTS) is 1. The smallest absolute Gasteiger partial charge is 0.307 e. The summed E-state index contributed by atoms with van der Waals surface area (Å²) < 4.78 is 16.9. The topological polar surface area (TPSA) is 85.2 Å². The number of aliphatic carboxylic acids is 1. The first kappa shape index (κ1) is 23.4. The van der Waals surface area contributed by atoms with Crippen LogP contribution >= 0.6 is 11.6 Å². The molecule has 7 heteroatoms. The predicted octanol–water partition coefficient (Wildman–Crippen LogP) is 4.77. The van der Waals surface area contributed by atoms with Crippen molar-refractivity contribution in [2.24, 2.45) is 0 Å². The number of rotatable bonds is 10. The Balaban J connectivity index is 1.67. The number of benzene rings is 3. The van der Waals surface area contributed by atoms with Crippen LogP contribution in [-0.4, -0.2) is 42.6 Å². The lowest BCUT2D eigenvalue weighted by molar-refractivity contribution is -0.136. The molecule has 0 saturated heterocycles. The Hall–Kier alpha value is -3.22. The predicted molar refractivity (Wildman–Crippen MR) is 123 cm³/mol. The minimum atomic E-state index is -0.883. The van der Waals surface area contributed by atoms with Crippen molar-refractivity contribution in [3.8, 4) is 28.4 Å². The van der Waals surface area contributed by atoms with Crippen LogP contribution in [0, 0.1) is 6.92 Å². The molecule has 3 aromatic rings. The minimum Gasteiger partial charge on any atom is -0.493 e. The maximum absolute atomic E-state index is 11.0. The molecule has 3 rings (SSSR count). The standard InChI is InChI=1S/C25H25ClO6/c1-16-10-20(26)7-9-22(16)31-14-21(27)15-32-24-13-19(6-8-23(24)30-2)18-5-3-4-17(11-18)12-25(28)29/h3-11,13,21,27H,12,14-15H2,1-2H3,(H,28,29). The Morgan fingerprint density at radius 3 is 2.31 bits per heavy atom. The van der Waals surface area contributed by atoms with Gasteiger partial charge in [0, 0.05) is 5.02 Å². The molecule has 0 aliphatic carbocycles. The van der Waals surface area contributed by atoms with E-state index in [-0.39, 0.29) is 19.6 Å². The molecule has 2 N–H and O–H groups in total. The lowest BCUT2D eigenvalue weighted by Crippen LogP contribution is -2.25. The highest BCUT2D eigenvalue weighted by molar-refractivity contribution is 6.30. The van der Waals surface area contributed by atoms with E-state index in [0.29, 0.717) is 27.8 Å². The Labute approximate surface area is 191 Å². The van der Waals surface area contributed by atoms with Crippen LogP contribution in [0.25, 0.3) is 11.1 Å². The molecule has 0 aliphatic heterocycles. The first-order valence-corrected chi connectivity index (χ1v) is 10.4. The lowest BCUT2D eigenvalue weighted by atomic mass is 10.0. The van der Waals surface area contributed by atoms with Crippen molar-refractivity contribution in [1.82, 2.24) is 0 Å². The number of aryl methyl sites for hydroxylation is 1. The van der Waals surface area contributed by atoms with Crippen molar-refractivity contribution in [2.45, 2.75) is 19.4 Å². The molecule has 0 fully saturated rings. The molecule has 3 aromatic carbocycles. The van der Waals surface area contributed by atoms with Gasteiger partial charge in [-0.05, 0) is 59.5 Å². The summed E-state index contributed by atoms with van der Waals surface area (Å²) in [6, 6.07) is 18.0. The summed E-state index contributed by atoms with van der Waals surface area (Å²) in [5.41, 5.74) is 3.29. The highest BCUT2D eigenvalue weighted by atomic mass is 35.5. The first-order chi connectivity index (χ1) is 15.4. The van der Waals surface area contributed by atoms with Crippen LogP contribution in [0.5, 0.6) is 17.2 Å². The zero-order chi connectivity index (χ0) is 23.1. The average molecular weight is 457 g/mol. The van der Waals surface area contributed by atoms with Crippen molar-refractivity contribution in [2.75, 3.05) is 20.3 Å². The molecular formula is C25H25ClO6. The average Bonchev–Trinajstić information content (AvgIpc) is 2.76. The molecule has 6 nitrogen and oxygen atoms in total. The van der Waals surface area contributed by atoms with Gasteiger partial charge in [0.1, 0.15) is 25.1 Å². The normalized spacial score (nSPS) is 11.6. The Bertz CT molecular complexity index is 1080. The van der Waals surface area contributed by atoms with E-state index in [1.165, 1.54) is 7.11 Å². The summed E-state index contributed by atoms with van der Waals surface area (Å²) in [6.07, 6.45) is -0.913. The van der Waals surface area contributed by atoms with Gasteiger partial charge in [-0.25, -0.2) is 0 Å². The Kier molecular flexibility index (Phi) is 7.98. The zero-order valence-corrected chi connectivity index (χ0v) is 18.6. The maximum Gasteiger partial charge on any atom is 0.307 e. The molecule has 1 atom stereocenters. The third-order valence-corrected chi connectivity index (χ3v) is 5.01. The number of hydrogen-bond donors (Lipinski definition) is 2. The van der Waals surface area contributed by atoms with Gasteiger partial charge in [0.05, 0.1) is 13.5 Å². The number of carbonyl (C=O) groups is 1. The highest BCUT2D eigenvalue weighted by Gasteiger charge is 2.13. The molecule has 0 radical (unpaired) electrons.